The van der Waals surface area contributed by atoms with Gasteiger partial charge in [0.1, 0.15) is 5.75 Å². The Morgan fingerprint density at radius 2 is 1.79 bits per heavy atom. The standard InChI is InChI=1S/C7H6O6S/c8-5-1-4(7(9)10)2-6(3-5)14(11,12)13/h1-3,8H,(H,9,10)(H,11,12,13). The summed E-state index contributed by atoms with van der Waals surface area (Å²) in [5.41, 5.74) is -0.419. The molecule has 0 bridgehead atoms. The summed E-state index contributed by atoms with van der Waals surface area (Å²) in [7, 11) is -4.50. The zero-order valence-electron chi connectivity index (χ0n) is 6.71. The molecule has 0 aliphatic carbocycles. The van der Waals surface area contributed by atoms with Crippen molar-refractivity contribution >= 4 is 16.1 Å². The predicted octanol–water partition coefficient (Wildman–Crippen LogP) is 0.337. The van der Waals surface area contributed by atoms with Crippen molar-refractivity contribution in [2.24, 2.45) is 0 Å². The van der Waals surface area contributed by atoms with E-state index in [9.17, 15) is 13.2 Å². The first kappa shape index (κ1) is 10.5. The van der Waals surface area contributed by atoms with Gasteiger partial charge >= 0.3 is 5.97 Å². The van der Waals surface area contributed by atoms with Crippen molar-refractivity contribution in [3.05, 3.63) is 23.8 Å². The van der Waals surface area contributed by atoms with E-state index >= 15 is 0 Å². The number of carbonyl (C=O) groups is 1. The Labute approximate surface area is 79.2 Å². The van der Waals surface area contributed by atoms with Gasteiger partial charge < -0.3 is 10.2 Å². The summed E-state index contributed by atoms with van der Waals surface area (Å²) in [4.78, 5) is 9.79. The second kappa shape index (κ2) is 3.28. The van der Waals surface area contributed by atoms with E-state index in [4.69, 9.17) is 14.8 Å². The lowest BCUT2D eigenvalue weighted by molar-refractivity contribution is 0.0696. The molecule has 3 N–H and O–H groups in total. The van der Waals surface area contributed by atoms with Gasteiger partial charge in [-0.2, -0.15) is 8.42 Å². The summed E-state index contributed by atoms with van der Waals surface area (Å²) in [6.07, 6.45) is 0. The fraction of sp³-hybridized carbons (Fsp3) is 0. The van der Waals surface area contributed by atoms with Crippen LogP contribution in [0.3, 0.4) is 0 Å². The Morgan fingerprint density at radius 3 is 2.21 bits per heavy atom. The van der Waals surface area contributed by atoms with Gasteiger partial charge in [0, 0.05) is 6.07 Å². The maximum Gasteiger partial charge on any atom is 0.335 e. The van der Waals surface area contributed by atoms with Crippen LogP contribution in [0.1, 0.15) is 10.4 Å². The molecule has 0 atom stereocenters. The van der Waals surface area contributed by atoms with Crippen LogP contribution in [-0.2, 0) is 10.1 Å². The van der Waals surface area contributed by atoms with E-state index in [-0.39, 0.29) is 0 Å². The topological polar surface area (TPSA) is 112 Å². The van der Waals surface area contributed by atoms with Crippen molar-refractivity contribution in [3.8, 4) is 5.75 Å². The third kappa shape index (κ3) is 2.21. The van der Waals surface area contributed by atoms with Crippen molar-refractivity contribution in [1.82, 2.24) is 0 Å². The fourth-order valence-electron chi connectivity index (χ4n) is 0.856. The number of carboxylic acid groups (broad SMARTS) is 1. The predicted molar refractivity (Wildman–Crippen MR) is 44.9 cm³/mol. The number of carboxylic acids is 1. The third-order valence-corrected chi connectivity index (χ3v) is 2.27. The highest BCUT2D eigenvalue weighted by atomic mass is 32.2. The molecule has 0 spiro atoms. The van der Waals surface area contributed by atoms with Crippen LogP contribution >= 0.6 is 0 Å². The van der Waals surface area contributed by atoms with Crippen LogP contribution in [0.5, 0.6) is 5.75 Å². The largest absolute Gasteiger partial charge is 0.508 e. The van der Waals surface area contributed by atoms with Crippen molar-refractivity contribution in [2.45, 2.75) is 4.90 Å². The number of hydrogen-bond acceptors (Lipinski definition) is 4. The average molecular weight is 218 g/mol. The van der Waals surface area contributed by atoms with Gasteiger partial charge in [-0.15, -0.1) is 0 Å². The van der Waals surface area contributed by atoms with Gasteiger partial charge in [0.05, 0.1) is 10.5 Å². The van der Waals surface area contributed by atoms with Gasteiger partial charge in [-0.25, -0.2) is 4.79 Å². The van der Waals surface area contributed by atoms with Crippen LogP contribution in [0.25, 0.3) is 0 Å². The maximum atomic E-state index is 10.6. The van der Waals surface area contributed by atoms with E-state index in [2.05, 4.69) is 0 Å². The molecule has 0 aliphatic rings. The number of rotatable bonds is 2. The van der Waals surface area contributed by atoms with E-state index in [1.807, 2.05) is 0 Å². The molecule has 0 radical (unpaired) electrons. The average Bonchev–Trinajstić information content (AvgIpc) is 2.01. The van der Waals surface area contributed by atoms with E-state index in [0.717, 1.165) is 18.2 Å². The quantitative estimate of drug-likeness (QED) is 0.617. The molecule has 1 aromatic carbocycles. The first-order valence-corrected chi connectivity index (χ1v) is 4.79. The highest BCUT2D eigenvalue weighted by molar-refractivity contribution is 7.85. The zero-order valence-corrected chi connectivity index (χ0v) is 7.52. The van der Waals surface area contributed by atoms with Crippen LogP contribution < -0.4 is 0 Å². The number of aromatic hydroxyl groups is 1. The normalized spacial score (nSPS) is 11.2. The Morgan fingerprint density at radius 1 is 1.21 bits per heavy atom. The van der Waals surface area contributed by atoms with Crippen LogP contribution in [0.4, 0.5) is 0 Å². The minimum absolute atomic E-state index is 0.419. The summed E-state index contributed by atoms with van der Waals surface area (Å²) in [5.74, 6) is -1.94. The highest BCUT2D eigenvalue weighted by Crippen LogP contribution is 2.19. The number of phenols is 1. The summed E-state index contributed by atoms with van der Waals surface area (Å²) >= 11 is 0. The van der Waals surface area contributed by atoms with Crippen molar-refractivity contribution in [2.75, 3.05) is 0 Å². The number of benzene rings is 1. The lowest BCUT2D eigenvalue weighted by Gasteiger charge is -2.00. The van der Waals surface area contributed by atoms with Crippen molar-refractivity contribution in [1.29, 1.82) is 0 Å². The summed E-state index contributed by atoms with van der Waals surface area (Å²) in [5, 5.41) is 17.5. The van der Waals surface area contributed by atoms with E-state index < -0.39 is 32.3 Å². The summed E-state index contributed by atoms with van der Waals surface area (Å²) < 4.78 is 29.8. The van der Waals surface area contributed by atoms with Crippen LogP contribution in [0.2, 0.25) is 0 Å². The molecule has 0 fully saturated rings. The molecule has 0 saturated heterocycles. The molecule has 0 unspecified atom stereocenters. The Hall–Kier alpha value is -1.60. The molecular weight excluding hydrogens is 212 g/mol. The molecule has 76 valence electrons. The molecule has 0 amide bonds. The Kier molecular flexibility index (Phi) is 2.45. The second-order valence-corrected chi connectivity index (χ2v) is 3.92. The third-order valence-electron chi connectivity index (χ3n) is 1.44. The molecule has 6 nitrogen and oxygen atoms in total. The molecule has 14 heavy (non-hydrogen) atoms. The van der Waals surface area contributed by atoms with Gasteiger partial charge in [-0.3, -0.25) is 4.55 Å². The molecule has 0 heterocycles. The number of aromatic carboxylic acids is 1. The molecule has 0 aromatic heterocycles. The highest BCUT2D eigenvalue weighted by Gasteiger charge is 2.14. The minimum atomic E-state index is -4.50. The maximum absolute atomic E-state index is 10.6. The molecule has 0 aliphatic heterocycles. The minimum Gasteiger partial charge on any atom is -0.508 e. The van der Waals surface area contributed by atoms with Crippen LogP contribution in [0, 0.1) is 0 Å². The number of hydrogen-bond donors (Lipinski definition) is 3. The van der Waals surface area contributed by atoms with Gasteiger partial charge in [-0.05, 0) is 12.1 Å². The first-order valence-electron chi connectivity index (χ1n) is 3.35. The lowest BCUT2D eigenvalue weighted by Crippen LogP contribution is -2.02. The van der Waals surface area contributed by atoms with Crippen LogP contribution in [0.15, 0.2) is 23.1 Å². The molecule has 7 heteroatoms. The zero-order chi connectivity index (χ0) is 10.9. The van der Waals surface area contributed by atoms with Gasteiger partial charge in [0.2, 0.25) is 0 Å². The van der Waals surface area contributed by atoms with Gasteiger partial charge in [0.15, 0.2) is 0 Å². The Bertz CT molecular complexity index is 475. The number of phenolic OH excluding ortho intramolecular Hbond substituents is 1. The van der Waals surface area contributed by atoms with E-state index in [1.54, 1.807) is 0 Å². The SMILES string of the molecule is O=C(O)c1cc(O)cc(S(=O)(=O)O)c1. The second-order valence-electron chi connectivity index (χ2n) is 2.50. The molecule has 1 rings (SSSR count). The van der Waals surface area contributed by atoms with Gasteiger partial charge in [-0.1, -0.05) is 0 Å². The monoisotopic (exact) mass is 218 g/mol. The molecule has 1 aromatic rings. The Balaban J connectivity index is 3.43. The smallest absolute Gasteiger partial charge is 0.335 e. The van der Waals surface area contributed by atoms with Gasteiger partial charge in [0.25, 0.3) is 10.1 Å². The van der Waals surface area contributed by atoms with Crippen molar-refractivity contribution < 1.29 is 28.0 Å². The molecule has 0 saturated carbocycles. The summed E-state index contributed by atoms with van der Waals surface area (Å²) in [6, 6.07) is 2.37. The summed E-state index contributed by atoms with van der Waals surface area (Å²) in [6.45, 7) is 0. The van der Waals surface area contributed by atoms with Crippen LogP contribution in [-0.4, -0.2) is 29.2 Å². The van der Waals surface area contributed by atoms with E-state index in [0.29, 0.717) is 0 Å². The van der Waals surface area contributed by atoms with Crippen molar-refractivity contribution in [3.63, 3.8) is 0 Å². The molecular formula is C7H6O6S. The first-order chi connectivity index (χ1) is 6.30. The fourth-order valence-corrected chi connectivity index (χ4v) is 1.40. The van der Waals surface area contributed by atoms with E-state index in [1.165, 1.54) is 0 Å². The lowest BCUT2D eigenvalue weighted by atomic mass is 10.2.